The average molecular weight is 158 g/mol. The summed E-state index contributed by atoms with van der Waals surface area (Å²) in [5, 5.41) is 11.8. The number of nitrogens with zero attached hydrogens (tertiary/aromatic N) is 1. The first kappa shape index (κ1) is 8.33. The van der Waals surface area contributed by atoms with E-state index in [9.17, 15) is 4.79 Å². The molecule has 1 aliphatic rings. The minimum Gasteiger partial charge on any atom is -0.465 e. The molecule has 4 nitrogen and oxygen atoms in total. The SMILES string of the molecule is CN(C(=O)O)C1CCCNC1. The summed E-state index contributed by atoms with van der Waals surface area (Å²) >= 11 is 0. The first-order valence-corrected chi connectivity index (χ1v) is 3.88. The summed E-state index contributed by atoms with van der Waals surface area (Å²) in [7, 11) is 1.62. The average Bonchev–Trinajstić information content (AvgIpc) is 2.05. The van der Waals surface area contributed by atoms with Gasteiger partial charge in [-0.1, -0.05) is 0 Å². The second kappa shape index (κ2) is 3.57. The molecule has 1 fully saturated rings. The molecule has 1 amide bonds. The van der Waals surface area contributed by atoms with Crippen molar-refractivity contribution in [1.29, 1.82) is 0 Å². The van der Waals surface area contributed by atoms with Gasteiger partial charge in [0.1, 0.15) is 0 Å². The van der Waals surface area contributed by atoms with Crippen molar-refractivity contribution in [3.8, 4) is 0 Å². The highest BCUT2D eigenvalue weighted by molar-refractivity contribution is 5.65. The molecule has 1 heterocycles. The Balaban J connectivity index is 2.38. The lowest BCUT2D eigenvalue weighted by Crippen LogP contribution is -2.46. The number of rotatable bonds is 1. The fourth-order valence-corrected chi connectivity index (χ4v) is 1.32. The van der Waals surface area contributed by atoms with Crippen molar-refractivity contribution in [2.75, 3.05) is 20.1 Å². The Morgan fingerprint density at radius 1 is 1.73 bits per heavy atom. The molecule has 1 atom stereocenters. The van der Waals surface area contributed by atoms with Gasteiger partial charge in [0.05, 0.1) is 0 Å². The summed E-state index contributed by atoms with van der Waals surface area (Å²) in [6.45, 7) is 1.81. The normalized spacial score (nSPS) is 24.6. The van der Waals surface area contributed by atoms with Crippen LogP contribution in [-0.4, -0.2) is 42.3 Å². The van der Waals surface area contributed by atoms with Crippen LogP contribution in [0.5, 0.6) is 0 Å². The molecule has 0 saturated carbocycles. The van der Waals surface area contributed by atoms with E-state index in [1.165, 1.54) is 4.90 Å². The van der Waals surface area contributed by atoms with Gasteiger partial charge in [-0.15, -0.1) is 0 Å². The number of nitrogens with one attached hydrogen (secondary N) is 1. The molecule has 0 radical (unpaired) electrons. The number of carbonyl (C=O) groups is 1. The molecule has 1 rings (SSSR count). The van der Waals surface area contributed by atoms with Gasteiger partial charge in [-0.05, 0) is 19.4 Å². The fourth-order valence-electron chi connectivity index (χ4n) is 1.32. The van der Waals surface area contributed by atoms with Crippen LogP contribution in [-0.2, 0) is 0 Å². The summed E-state index contributed by atoms with van der Waals surface area (Å²) in [4.78, 5) is 11.9. The predicted molar refractivity (Wildman–Crippen MR) is 41.7 cm³/mol. The minimum absolute atomic E-state index is 0.168. The highest BCUT2D eigenvalue weighted by Gasteiger charge is 2.20. The minimum atomic E-state index is -0.835. The zero-order valence-corrected chi connectivity index (χ0v) is 6.71. The molecule has 0 aromatic rings. The Hall–Kier alpha value is -0.770. The van der Waals surface area contributed by atoms with Crippen LogP contribution in [0.2, 0.25) is 0 Å². The Bertz CT molecular complexity index is 143. The molecule has 4 heteroatoms. The lowest BCUT2D eigenvalue weighted by Gasteiger charge is -2.29. The maximum absolute atomic E-state index is 10.5. The Morgan fingerprint density at radius 2 is 2.45 bits per heavy atom. The number of carboxylic acid groups (broad SMARTS) is 1. The molecule has 2 N–H and O–H groups in total. The van der Waals surface area contributed by atoms with Crippen LogP contribution in [0.3, 0.4) is 0 Å². The van der Waals surface area contributed by atoms with E-state index in [-0.39, 0.29) is 6.04 Å². The van der Waals surface area contributed by atoms with Crippen LogP contribution in [0.1, 0.15) is 12.8 Å². The first-order chi connectivity index (χ1) is 5.22. The number of likely N-dealkylation sites (N-methyl/N-ethyl adjacent to an activating group) is 1. The van der Waals surface area contributed by atoms with Gasteiger partial charge in [-0.25, -0.2) is 4.79 Å². The van der Waals surface area contributed by atoms with Gasteiger partial charge in [0, 0.05) is 19.6 Å². The third kappa shape index (κ3) is 2.08. The highest BCUT2D eigenvalue weighted by atomic mass is 16.4. The van der Waals surface area contributed by atoms with E-state index in [0.29, 0.717) is 0 Å². The quantitative estimate of drug-likeness (QED) is 0.579. The lowest BCUT2D eigenvalue weighted by molar-refractivity contribution is 0.130. The lowest BCUT2D eigenvalue weighted by atomic mass is 10.1. The third-order valence-corrected chi connectivity index (χ3v) is 2.12. The predicted octanol–water partition coefficient (Wildman–Crippen LogP) is 0.348. The third-order valence-electron chi connectivity index (χ3n) is 2.12. The molecule has 0 aliphatic carbocycles. The molecule has 0 bridgehead atoms. The highest BCUT2D eigenvalue weighted by Crippen LogP contribution is 2.07. The summed E-state index contributed by atoms with van der Waals surface area (Å²) in [6, 6.07) is 0.168. The van der Waals surface area contributed by atoms with Crippen molar-refractivity contribution in [2.24, 2.45) is 0 Å². The van der Waals surface area contributed by atoms with Gasteiger partial charge in [-0.3, -0.25) is 0 Å². The standard InChI is InChI=1S/C7H14N2O2/c1-9(7(10)11)6-3-2-4-8-5-6/h6,8H,2-5H2,1H3,(H,10,11). The topological polar surface area (TPSA) is 52.6 Å². The largest absolute Gasteiger partial charge is 0.465 e. The van der Waals surface area contributed by atoms with E-state index >= 15 is 0 Å². The van der Waals surface area contributed by atoms with Gasteiger partial charge in [0.15, 0.2) is 0 Å². The molecular formula is C7H14N2O2. The van der Waals surface area contributed by atoms with Crippen molar-refractivity contribution in [2.45, 2.75) is 18.9 Å². The van der Waals surface area contributed by atoms with Gasteiger partial charge in [0.25, 0.3) is 0 Å². The van der Waals surface area contributed by atoms with E-state index in [0.717, 1.165) is 25.9 Å². The van der Waals surface area contributed by atoms with Crippen LogP contribution in [0.4, 0.5) is 4.79 Å². The van der Waals surface area contributed by atoms with Gasteiger partial charge < -0.3 is 15.3 Å². The van der Waals surface area contributed by atoms with E-state index < -0.39 is 6.09 Å². The zero-order chi connectivity index (χ0) is 8.27. The van der Waals surface area contributed by atoms with E-state index in [4.69, 9.17) is 5.11 Å². The van der Waals surface area contributed by atoms with Crippen LogP contribution in [0, 0.1) is 0 Å². The van der Waals surface area contributed by atoms with E-state index in [1.807, 2.05) is 0 Å². The van der Waals surface area contributed by atoms with Crippen LogP contribution in [0.15, 0.2) is 0 Å². The van der Waals surface area contributed by atoms with Crippen molar-refractivity contribution in [3.05, 3.63) is 0 Å². The molecule has 64 valence electrons. The molecular weight excluding hydrogens is 144 g/mol. The summed E-state index contributed by atoms with van der Waals surface area (Å²) in [6.07, 6.45) is 1.22. The molecule has 0 aromatic heterocycles. The van der Waals surface area contributed by atoms with E-state index in [2.05, 4.69) is 5.32 Å². The molecule has 1 saturated heterocycles. The molecule has 0 spiro atoms. The monoisotopic (exact) mass is 158 g/mol. The van der Waals surface area contributed by atoms with Crippen molar-refractivity contribution < 1.29 is 9.90 Å². The summed E-state index contributed by atoms with van der Waals surface area (Å²) < 4.78 is 0. The molecule has 11 heavy (non-hydrogen) atoms. The number of amides is 1. The van der Waals surface area contributed by atoms with Crippen molar-refractivity contribution >= 4 is 6.09 Å². The smallest absolute Gasteiger partial charge is 0.407 e. The first-order valence-electron chi connectivity index (χ1n) is 3.88. The van der Waals surface area contributed by atoms with Crippen LogP contribution < -0.4 is 5.32 Å². The molecule has 1 unspecified atom stereocenters. The van der Waals surface area contributed by atoms with Crippen molar-refractivity contribution in [3.63, 3.8) is 0 Å². The maximum atomic E-state index is 10.5. The second-order valence-corrected chi connectivity index (χ2v) is 2.89. The molecule has 0 aromatic carbocycles. The fraction of sp³-hybridized carbons (Fsp3) is 0.857. The van der Waals surface area contributed by atoms with Crippen LogP contribution in [0.25, 0.3) is 0 Å². The van der Waals surface area contributed by atoms with Crippen LogP contribution >= 0.6 is 0 Å². The second-order valence-electron chi connectivity index (χ2n) is 2.89. The van der Waals surface area contributed by atoms with Crippen molar-refractivity contribution in [1.82, 2.24) is 10.2 Å². The Morgan fingerprint density at radius 3 is 2.91 bits per heavy atom. The molecule has 1 aliphatic heterocycles. The van der Waals surface area contributed by atoms with Gasteiger partial charge in [-0.2, -0.15) is 0 Å². The summed E-state index contributed by atoms with van der Waals surface area (Å²) in [5.74, 6) is 0. The van der Waals surface area contributed by atoms with E-state index in [1.54, 1.807) is 7.05 Å². The maximum Gasteiger partial charge on any atom is 0.407 e. The number of hydrogen-bond donors (Lipinski definition) is 2. The number of piperidine rings is 1. The Labute approximate surface area is 66.2 Å². The Kier molecular flexibility index (Phi) is 2.70. The van der Waals surface area contributed by atoms with Gasteiger partial charge in [0.2, 0.25) is 0 Å². The van der Waals surface area contributed by atoms with Gasteiger partial charge >= 0.3 is 6.09 Å². The zero-order valence-electron chi connectivity index (χ0n) is 6.71. The summed E-state index contributed by atoms with van der Waals surface area (Å²) in [5.41, 5.74) is 0. The number of hydrogen-bond acceptors (Lipinski definition) is 2.